The van der Waals surface area contributed by atoms with Crippen LogP contribution >= 0.6 is 0 Å². The Bertz CT molecular complexity index is 1290. The minimum Gasteiger partial charge on any atom is -0.338 e. The molecule has 35 heavy (non-hydrogen) atoms. The molecular formula is C24H23F3N6O2. The van der Waals surface area contributed by atoms with Gasteiger partial charge in [0, 0.05) is 37.3 Å². The third-order valence-electron chi connectivity index (χ3n) is 5.95. The Kier molecular flexibility index (Phi) is 6.35. The first-order valence-corrected chi connectivity index (χ1v) is 11.2. The summed E-state index contributed by atoms with van der Waals surface area (Å²) < 4.78 is 49.7. The first-order valence-electron chi connectivity index (χ1n) is 11.2. The zero-order valence-corrected chi connectivity index (χ0v) is 19.0. The number of aromatic nitrogens is 4. The fraction of sp³-hybridized carbons (Fsp3) is 0.333. The van der Waals surface area contributed by atoms with Crippen LogP contribution in [0.2, 0.25) is 0 Å². The predicted molar refractivity (Wildman–Crippen MR) is 120 cm³/mol. The summed E-state index contributed by atoms with van der Waals surface area (Å²) >= 11 is 0. The number of piperazine rings is 1. The molecule has 1 aliphatic rings. The van der Waals surface area contributed by atoms with E-state index in [1.165, 1.54) is 12.1 Å². The van der Waals surface area contributed by atoms with E-state index in [1.807, 2.05) is 31.2 Å². The summed E-state index contributed by atoms with van der Waals surface area (Å²) in [5, 5.41) is 7.98. The van der Waals surface area contributed by atoms with E-state index in [4.69, 9.17) is 9.05 Å². The first-order chi connectivity index (χ1) is 16.8. The van der Waals surface area contributed by atoms with Gasteiger partial charge in [-0.2, -0.15) is 23.1 Å². The minimum absolute atomic E-state index is 0.144. The van der Waals surface area contributed by atoms with E-state index in [1.54, 1.807) is 0 Å². The molecule has 8 nitrogen and oxygen atoms in total. The topological polar surface area (TPSA) is 84.3 Å². The van der Waals surface area contributed by atoms with Crippen molar-refractivity contribution in [3.05, 3.63) is 71.4 Å². The molecule has 1 fully saturated rings. The van der Waals surface area contributed by atoms with Crippen LogP contribution in [0.1, 0.15) is 22.9 Å². The van der Waals surface area contributed by atoms with Gasteiger partial charge >= 0.3 is 6.18 Å². The van der Waals surface area contributed by atoms with Crippen LogP contribution in [-0.4, -0.2) is 56.3 Å². The zero-order valence-electron chi connectivity index (χ0n) is 19.0. The largest absolute Gasteiger partial charge is 0.416 e. The van der Waals surface area contributed by atoms with Gasteiger partial charge in [0.25, 0.3) is 0 Å². The Morgan fingerprint density at radius 1 is 0.800 bits per heavy atom. The van der Waals surface area contributed by atoms with Crippen molar-refractivity contribution in [2.75, 3.05) is 26.2 Å². The Balaban J connectivity index is 1.15. The number of aryl methyl sites for hydroxylation is 1. The third kappa shape index (κ3) is 5.41. The van der Waals surface area contributed by atoms with Crippen molar-refractivity contribution in [2.45, 2.75) is 26.2 Å². The molecule has 0 bridgehead atoms. The molecule has 0 amide bonds. The molecule has 182 valence electrons. The lowest BCUT2D eigenvalue weighted by Crippen LogP contribution is -2.45. The maximum Gasteiger partial charge on any atom is 0.416 e. The van der Waals surface area contributed by atoms with Crippen molar-refractivity contribution in [1.82, 2.24) is 30.1 Å². The Hall–Kier alpha value is -3.57. The van der Waals surface area contributed by atoms with E-state index in [0.29, 0.717) is 30.7 Å². The smallest absolute Gasteiger partial charge is 0.338 e. The second-order valence-electron chi connectivity index (χ2n) is 8.47. The van der Waals surface area contributed by atoms with Crippen LogP contribution in [0.3, 0.4) is 0 Å². The van der Waals surface area contributed by atoms with Gasteiger partial charge in [-0.15, -0.1) is 0 Å². The van der Waals surface area contributed by atoms with Gasteiger partial charge in [0.05, 0.1) is 18.7 Å². The fourth-order valence-electron chi connectivity index (χ4n) is 4.01. The van der Waals surface area contributed by atoms with Crippen LogP contribution in [-0.2, 0) is 19.3 Å². The van der Waals surface area contributed by atoms with Gasteiger partial charge in [-0.05, 0) is 24.6 Å². The number of halogens is 3. The molecule has 5 rings (SSSR count). The highest BCUT2D eigenvalue weighted by Gasteiger charge is 2.31. The third-order valence-corrected chi connectivity index (χ3v) is 5.95. The summed E-state index contributed by atoms with van der Waals surface area (Å²) in [6.45, 7) is 6.11. The lowest BCUT2D eigenvalue weighted by atomic mass is 10.1. The number of nitrogens with zero attached hydrogens (tertiary/aromatic N) is 6. The SMILES string of the molecule is Cc1ccccc1-c1noc(CN2CCN(Cc3nc(-c4cccc(C(F)(F)F)c4)no3)CC2)n1. The number of hydrogen-bond donors (Lipinski definition) is 0. The van der Waals surface area contributed by atoms with Gasteiger partial charge < -0.3 is 9.05 Å². The molecule has 0 aliphatic carbocycles. The molecule has 0 N–H and O–H groups in total. The summed E-state index contributed by atoms with van der Waals surface area (Å²) in [7, 11) is 0. The van der Waals surface area contributed by atoms with E-state index in [0.717, 1.165) is 49.4 Å². The van der Waals surface area contributed by atoms with Crippen molar-refractivity contribution < 1.29 is 22.2 Å². The van der Waals surface area contributed by atoms with Gasteiger partial charge in [0.2, 0.25) is 23.4 Å². The van der Waals surface area contributed by atoms with Crippen molar-refractivity contribution in [2.24, 2.45) is 0 Å². The molecule has 2 aromatic heterocycles. The van der Waals surface area contributed by atoms with Gasteiger partial charge in [0.1, 0.15) is 0 Å². The Morgan fingerprint density at radius 3 is 2.03 bits per heavy atom. The Labute approximate surface area is 199 Å². The van der Waals surface area contributed by atoms with E-state index in [9.17, 15) is 13.2 Å². The average Bonchev–Trinajstić information content (AvgIpc) is 3.50. The van der Waals surface area contributed by atoms with Crippen molar-refractivity contribution in [3.63, 3.8) is 0 Å². The molecular weight excluding hydrogens is 461 g/mol. The minimum atomic E-state index is -4.43. The van der Waals surface area contributed by atoms with Crippen LogP contribution in [0.25, 0.3) is 22.8 Å². The van der Waals surface area contributed by atoms with E-state index >= 15 is 0 Å². The summed E-state index contributed by atoms with van der Waals surface area (Å²) in [6.07, 6.45) is -4.43. The normalized spacial score (nSPS) is 15.5. The van der Waals surface area contributed by atoms with Crippen LogP contribution in [0.15, 0.2) is 57.6 Å². The summed E-state index contributed by atoms with van der Waals surface area (Å²) in [5.41, 5.74) is 1.57. The molecule has 1 aliphatic heterocycles. The highest BCUT2D eigenvalue weighted by atomic mass is 19.4. The lowest BCUT2D eigenvalue weighted by molar-refractivity contribution is -0.137. The van der Waals surface area contributed by atoms with Crippen LogP contribution in [0, 0.1) is 6.92 Å². The van der Waals surface area contributed by atoms with E-state index < -0.39 is 11.7 Å². The van der Waals surface area contributed by atoms with Crippen LogP contribution in [0.5, 0.6) is 0 Å². The lowest BCUT2D eigenvalue weighted by Gasteiger charge is -2.32. The molecule has 1 saturated heterocycles. The fourth-order valence-corrected chi connectivity index (χ4v) is 4.01. The summed E-state index contributed by atoms with van der Waals surface area (Å²) in [5.74, 6) is 1.67. The summed E-state index contributed by atoms with van der Waals surface area (Å²) in [4.78, 5) is 13.2. The molecule has 0 radical (unpaired) electrons. The standard InChI is InChI=1S/C24H23F3N6O2/c1-16-5-2-3-8-19(16)23-29-21(35-31-23)15-33-11-9-32(10-12-33)14-20-28-22(30-34-20)17-6-4-7-18(13-17)24(25,26)27/h2-8,13H,9-12,14-15H2,1H3. The average molecular weight is 484 g/mol. The first kappa shape index (κ1) is 23.2. The number of benzene rings is 2. The maximum atomic E-state index is 13.0. The van der Waals surface area contributed by atoms with Gasteiger partial charge in [-0.25, -0.2) is 0 Å². The molecule has 4 aromatic rings. The predicted octanol–water partition coefficient (Wildman–Crippen LogP) is 4.43. The molecule has 0 atom stereocenters. The molecule has 0 unspecified atom stereocenters. The van der Waals surface area contributed by atoms with Crippen LogP contribution in [0.4, 0.5) is 13.2 Å². The molecule has 11 heteroatoms. The Morgan fingerprint density at radius 2 is 1.40 bits per heavy atom. The van der Waals surface area contributed by atoms with Crippen LogP contribution < -0.4 is 0 Å². The van der Waals surface area contributed by atoms with E-state index in [-0.39, 0.29) is 11.4 Å². The monoisotopic (exact) mass is 484 g/mol. The second-order valence-corrected chi connectivity index (χ2v) is 8.47. The quantitative estimate of drug-likeness (QED) is 0.397. The number of hydrogen-bond acceptors (Lipinski definition) is 8. The molecule has 0 spiro atoms. The molecule has 2 aromatic carbocycles. The van der Waals surface area contributed by atoms with E-state index in [2.05, 4.69) is 30.1 Å². The summed E-state index contributed by atoms with van der Waals surface area (Å²) in [6, 6.07) is 12.8. The van der Waals surface area contributed by atoms with Gasteiger partial charge in [-0.3, -0.25) is 9.80 Å². The molecule has 3 heterocycles. The van der Waals surface area contributed by atoms with Gasteiger partial charge in [-0.1, -0.05) is 46.7 Å². The zero-order chi connectivity index (χ0) is 24.4. The van der Waals surface area contributed by atoms with Gasteiger partial charge in [0.15, 0.2) is 0 Å². The second kappa shape index (κ2) is 9.59. The number of rotatable bonds is 6. The van der Waals surface area contributed by atoms with Crippen molar-refractivity contribution >= 4 is 0 Å². The van der Waals surface area contributed by atoms with Crippen molar-refractivity contribution in [1.29, 1.82) is 0 Å². The van der Waals surface area contributed by atoms with Crippen molar-refractivity contribution in [3.8, 4) is 22.8 Å². The highest BCUT2D eigenvalue weighted by molar-refractivity contribution is 5.59. The highest BCUT2D eigenvalue weighted by Crippen LogP contribution is 2.31. The molecule has 0 saturated carbocycles. The maximum absolute atomic E-state index is 13.0. The number of alkyl halides is 3.